The fraction of sp³-hybridized carbons (Fsp3) is 0.529. The van der Waals surface area contributed by atoms with Gasteiger partial charge in [-0.15, -0.1) is 0 Å². The van der Waals surface area contributed by atoms with Gasteiger partial charge in [0, 0.05) is 123 Å². The summed E-state index contributed by atoms with van der Waals surface area (Å²) in [6.45, 7) is 11.9. The molecule has 0 saturated carbocycles. The molecule has 20 nitrogen and oxygen atoms in total. The predicted molar refractivity (Wildman–Crippen MR) is 305 cm³/mol. The summed E-state index contributed by atoms with van der Waals surface area (Å²) in [5.74, 6) is 1.20. The molecule has 353 valence electrons. The van der Waals surface area contributed by atoms with Gasteiger partial charge in [-0.2, -0.15) is 0 Å². The number of aromatic nitrogens is 3. The normalized spacial score (nSPS) is 14.7. The summed E-state index contributed by atoms with van der Waals surface area (Å²) in [5.41, 5.74) is 23.5. The van der Waals surface area contributed by atoms with Crippen molar-refractivity contribution >= 4 is 193 Å². The monoisotopic (exact) mass is 1600 g/mol. The fourth-order valence-corrected chi connectivity index (χ4v) is 5.27. The number of nitrogens with one attached hydrogen (secondary N) is 1. The first-order valence-electron chi connectivity index (χ1n) is 17.9. The molecule has 0 atom stereocenters. The fourth-order valence-electron chi connectivity index (χ4n) is 5.04. The Morgan fingerprint density at radius 2 is 1.02 bits per heavy atom. The molecule has 3 aromatic rings. The molecule has 1 radical (unpaired) electrons. The number of piperazine rings is 3. The Bertz CT molecular complexity index is 1630. The number of aliphatic hydroxyl groups excluding tert-OH is 1. The Kier molecular flexibility index (Phi) is 43.0. The molecule has 0 unspecified atom stereocenters. The van der Waals surface area contributed by atoms with Crippen molar-refractivity contribution in [3.63, 3.8) is 0 Å². The minimum absolute atomic E-state index is 0. The van der Waals surface area contributed by atoms with Crippen LogP contribution in [0, 0.1) is 25.2 Å². The van der Waals surface area contributed by atoms with Crippen LogP contribution in [0.5, 0.6) is 0 Å². The number of pyridine rings is 3. The van der Waals surface area contributed by atoms with Crippen molar-refractivity contribution in [2.45, 2.75) is -0.0619 Å². The van der Waals surface area contributed by atoms with Gasteiger partial charge in [-0.25, -0.2) is 15.0 Å². The maximum Gasteiger partial charge on any atom is 0.334 e. The summed E-state index contributed by atoms with van der Waals surface area (Å²) in [4.78, 5) is 46.1. The van der Waals surface area contributed by atoms with Crippen molar-refractivity contribution in [3.05, 3.63) is 67.1 Å². The first kappa shape index (κ1) is 66.4. The van der Waals surface area contributed by atoms with Crippen LogP contribution < -0.4 is 38.1 Å². The number of hydrogen-bond donors (Lipinski definition) is 6. The largest absolute Gasteiger partial charge is 0.400 e. The van der Waals surface area contributed by atoms with E-state index < -0.39 is 9.85 Å². The molecule has 3 aliphatic heterocycles. The number of hydrogen-bond acceptors (Lipinski definition) is 18. The molecule has 0 bridgehead atoms. The van der Waals surface area contributed by atoms with Gasteiger partial charge in [-0.05, 0) is 39.3 Å². The SMILES string of the molecule is CN1CCN(c2nccc(N)c2N)CC1.CN1CCN(c2nccc(N)c2[N+](=O)[O-])CC1.CN1CCNCC1.CO.IC(I)I.ICI.Nc1ccnc(Cl)c1[N+](=O)[O-].[CH2-]I.[V]. The number of nitro groups is 2. The molecule has 3 fully saturated rings. The van der Waals surface area contributed by atoms with Crippen molar-refractivity contribution in [1.29, 1.82) is 0 Å². The molecule has 3 aliphatic rings. The maximum absolute atomic E-state index is 11.0. The third-order valence-corrected chi connectivity index (χ3v) is 8.44. The second-order valence-corrected chi connectivity index (χ2v) is 27.9. The van der Waals surface area contributed by atoms with Crippen LogP contribution in [0.1, 0.15) is 0 Å². The van der Waals surface area contributed by atoms with Gasteiger partial charge < -0.3 is 80.4 Å². The van der Waals surface area contributed by atoms with Gasteiger partial charge in [-0.3, -0.25) is 25.2 Å². The van der Waals surface area contributed by atoms with Crippen LogP contribution in [0.2, 0.25) is 5.15 Å². The maximum atomic E-state index is 11.0. The molecule has 0 aliphatic carbocycles. The van der Waals surface area contributed by atoms with Crippen molar-refractivity contribution < 1.29 is 33.5 Å². The summed E-state index contributed by atoms with van der Waals surface area (Å²) in [7, 11) is 7.30. The molecule has 6 rings (SSSR count). The van der Waals surface area contributed by atoms with Crippen LogP contribution in [0.15, 0.2) is 36.8 Å². The van der Waals surface area contributed by atoms with Gasteiger partial charge in [0.15, 0.2) is 5.82 Å². The second-order valence-electron chi connectivity index (χ2n) is 12.2. The number of nitrogens with zero attached hydrogens (tertiary/aromatic N) is 10. The van der Waals surface area contributed by atoms with Crippen molar-refractivity contribution in [3.8, 4) is 0 Å². The zero-order valence-electron chi connectivity index (χ0n) is 34.9. The van der Waals surface area contributed by atoms with E-state index in [1.54, 1.807) is 12.3 Å². The van der Waals surface area contributed by atoms with E-state index in [-0.39, 0.29) is 46.5 Å². The van der Waals surface area contributed by atoms with Gasteiger partial charge in [-0.1, -0.05) is 125 Å². The van der Waals surface area contributed by atoms with Crippen LogP contribution in [-0.2, 0) is 18.6 Å². The molecule has 0 aromatic carbocycles. The van der Waals surface area contributed by atoms with E-state index >= 15 is 0 Å². The van der Waals surface area contributed by atoms with Crippen molar-refractivity contribution in [2.24, 2.45) is 0 Å². The Hall–Kier alpha value is 0.104. The van der Waals surface area contributed by atoms with Crippen molar-refractivity contribution in [1.82, 2.24) is 35.0 Å². The molecule has 0 amide bonds. The molecular weight excluding hydrogens is 1550 g/mol. The first-order valence-corrected chi connectivity index (χ1v) is 26.6. The molecule has 62 heavy (non-hydrogen) atoms. The van der Waals surface area contributed by atoms with Crippen LogP contribution in [-0.4, -0.2) is 154 Å². The number of halogens is 7. The van der Waals surface area contributed by atoms with Crippen LogP contribution in [0.25, 0.3) is 0 Å². The van der Waals surface area contributed by atoms with E-state index in [4.69, 9.17) is 39.6 Å². The van der Waals surface area contributed by atoms with Gasteiger partial charge in [0.1, 0.15) is 11.3 Å². The number of nitrogen functional groups attached to an aromatic ring is 4. The number of rotatable bonds is 4. The standard InChI is InChI=1S/C10H15N5O2.C10H17N5.C5H4ClN3O2.C5H12N2.CHI3.CH2I2.CH2I.CH4O.V/c1-13-4-6-14(7-5-13)10-9(15(16)17)8(11)2-3-12-10;1-14-4-6-15(7-5-14)10-9(12)8(11)2-3-13-10;6-5-4(9(10)11)3(7)1-2-8-5;1-7-4-2-6-3-5-7;2-1(3)4;2-1-3;2*1-2;/h2-3H,4-7H2,1H3,(H2,11,12);2-3H,4-7,12H2,1H3,(H2,11,13);1-2H,(H2,7,8);6H,2-5H2,1H3;1H;1H2;1H2;2H,1H3;/q;;;;;;-1;;. The minimum Gasteiger partial charge on any atom is -0.400 e. The van der Waals surface area contributed by atoms with E-state index in [1.807, 2.05) is 34.5 Å². The number of likely N-dealkylation sites (N-methyl/N-ethyl adjacent to an activating group) is 3. The molecule has 10 N–H and O–H groups in total. The van der Waals surface area contributed by atoms with Crippen LogP contribution in [0.3, 0.4) is 0 Å². The summed E-state index contributed by atoms with van der Waals surface area (Å²) >= 11 is 18.8. The molecule has 6 heterocycles. The Morgan fingerprint density at radius 1 is 0.694 bits per heavy atom. The molecule has 0 spiro atoms. The molecule has 28 heteroatoms. The number of alkyl halides is 5. The minimum atomic E-state index is -0.662. The van der Waals surface area contributed by atoms with Crippen LogP contribution >= 0.6 is 147 Å². The first-order chi connectivity index (χ1) is 28.9. The topological polar surface area (TPSA) is 277 Å². The van der Waals surface area contributed by atoms with E-state index in [2.05, 4.69) is 172 Å². The average Bonchev–Trinajstić information content (AvgIpc) is 3.22. The number of nitrogens with two attached hydrogens (primary N) is 4. The van der Waals surface area contributed by atoms with E-state index in [0.29, 0.717) is 17.2 Å². The third-order valence-electron chi connectivity index (χ3n) is 8.16. The predicted octanol–water partition coefficient (Wildman–Crippen LogP) is 6.28. The van der Waals surface area contributed by atoms with Crippen LogP contribution in [0.4, 0.5) is 45.8 Å². The Balaban J connectivity index is -0.000000709. The Morgan fingerprint density at radius 3 is 1.35 bits per heavy atom. The van der Waals surface area contributed by atoms with E-state index in [9.17, 15) is 20.2 Å². The zero-order chi connectivity index (χ0) is 47.1. The van der Waals surface area contributed by atoms with E-state index in [1.165, 1.54) is 40.1 Å². The van der Waals surface area contributed by atoms with E-state index in [0.717, 1.165) is 78.3 Å². The summed E-state index contributed by atoms with van der Waals surface area (Å²) in [5, 5.41) is 31.3. The number of anilines is 6. The van der Waals surface area contributed by atoms with Gasteiger partial charge in [0.05, 0.1) is 23.7 Å². The number of aliphatic hydroxyl groups is 1. The molecule has 3 saturated heterocycles. The third kappa shape index (κ3) is 28.3. The molecular formula is C34H57ClI6N15O5V-. The van der Waals surface area contributed by atoms with Crippen molar-refractivity contribution in [2.75, 3.05) is 142 Å². The second kappa shape index (κ2) is 40.2. The summed E-state index contributed by atoms with van der Waals surface area (Å²) in [6, 6.07) is 4.51. The smallest absolute Gasteiger partial charge is 0.334 e. The zero-order valence-corrected chi connectivity index (χ0v) is 50.0. The quantitative estimate of drug-likeness (QED) is 0.0419. The molecule has 3 aromatic heterocycles. The average molecular weight is 1600 g/mol. The summed E-state index contributed by atoms with van der Waals surface area (Å²) < 4.78 is 1.93. The van der Waals surface area contributed by atoms with Gasteiger partial charge in [0.25, 0.3) is 0 Å². The Labute approximate surface area is 464 Å². The summed E-state index contributed by atoms with van der Waals surface area (Å²) in [6.07, 6.45) is 4.53. The van der Waals surface area contributed by atoms with Gasteiger partial charge in [0.2, 0.25) is 11.0 Å². The van der Waals surface area contributed by atoms with Gasteiger partial charge >= 0.3 is 11.4 Å².